The van der Waals surface area contributed by atoms with E-state index < -0.39 is 0 Å². The number of hydrogen-bond donors (Lipinski definition) is 2. The van der Waals surface area contributed by atoms with Crippen molar-refractivity contribution in [3.05, 3.63) is 48.0 Å². The zero-order valence-electron chi connectivity index (χ0n) is 16.0. The highest BCUT2D eigenvalue weighted by Gasteiger charge is 2.15. The van der Waals surface area contributed by atoms with E-state index in [1.54, 1.807) is 32.4 Å². The lowest BCUT2D eigenvalue weighted by Gasteiger charge is -2.31. The number of urea groups is 1. The van der Waals surface area contributed by atoms with Gasteiger partial charge in [0.05, 0.1) is 19.9 Å². The average molecular weight is 369 g/mol. The molecule has 0 radical (unpaired) electrons. The van der Waals surface area contributed by atoms with Gasteiger partial charge in [-0.1, -0.05) is 18.2 Å². The van der Waals surface area contributed by atoms with Crippen LogP contribution in [-0.2, 0) is 6.42 Å². The Morgan fingerprint density at radius 2 is 2.00 bits per heavy atom. The lowest BCUT2D eigenvalue weighted by Crippen LogP contribution is -2.34. The van der Waals surface area contributed by atoms with Crippen LogP contribution in [-0.4, -0.2) is 39.9 Å². The molecule has 2 aromatic rings. The molecule has 0 saturated heterocycles. The molecule has 3 rings (SSSR count). The highest BCUT2D eigenvalue weighted by molar-refractivity contribution is 5.91. The second-order valence-electron chi connectivity index (χ2n) is 6.52. The van der Waals surface area contributed by atoms with Gasteiger partial charge in [0.25, 0.3) is 0 Å². The van der Waals surface area contributed by atoms with E-state index in [2.05, 4.69) is 39.8 Å². The number of nitrogens with one attached hydrogen (secondary N) is 2. The van der Waals surface area contributed by atoms with Crippen molar-refractivity contribution in [1.82, 2.24) is 5.32 Å². The second-order valence-corrected chi connectivity index (χ2v) is 6.52. The number of hydrogen-bond acceptors (Lipinski definition) is 4. The summed E-state index contributed by atoms with van der Waals surface area (Å²) >= 11 is 0. The maximum atomic E-state index is 12.2. The van der Waals surface area contributed by atoms with Gasteiger partial charge in [-0.3, -0.25) is 0 Å². The minimum atomic E-state index is -0.238. The molecule has 0 spiro atoms. The molecule has 2 N–H and O–H groups in total. The van der Waals surface area contributed by atoms with Crippen molar-refractivity contribution in [2.24, 2.45) is 0 Å². The molecule has 2 aromatic carbocycles. The molecular formula is C21H27N3O3. The predicted molar refractivity (Wildman–Crippen MR) is 108 cm³/mol. The smallest absolute Gasteiger partial charge is 0.319 e. The number of ether oxygens (including phenoxy) is 2. The highest BCUT2D eigenvalue weighted by Crippen LogP contribution is 2.29. The zero-order valence-corrected chi connectivity index (χ0v) is 16.0. The van der Waals surface area contributed by atoms with Gasteiger partial charge < -0.3 is 25.0 Å². The maximum Gasteiger partial charge on any atom is 0.319 e. The normalized spacial score (nSPS) is 12.9. The molecule has 0 unspecified atom stereocenters. The third kappa shape index (κ3) is 4.84. The number of anilines is 2. The molecule has 0 bridgehead atoms. The van der Waals surface area contributed by atoms with Crippen LogP contribution in [0.5, 0.6) is 11.5 Å². The number of aryl methyl sites for hydroxylation is 1. The quantitative estimate of drug-likeness (QED) is 0.731. The Kier molecular flexibility index (Phi) is 6.41. The number of carbonyl (C=O) groups excluding carboxylic acids is 1. The summed E-state index contributed by atoms with van der Waals surface area (Å²) in [6.45, 7) is 2.62. The van der Waals surface area contributed by atoms with Gasteiger partial charge in [-0.2, -0.15) is 0 Å². The molecule has 0 fully saturated rings. The maximum absolute atomic E-state index is 12.2. The van der Waals surface area contributed by atoms with Gasteiger partial charge >= 0.3 is 6.03 Å². The summed E-state index contributed by atoms with van der Waals surface area (Å²) in [6.07, 6.45) is 3.22. The molecule has 1 aliphatic heterocycles. The van der Waals surface area contributed by atoms with Crippen molar-refractivity contribution in [2.75, 3.05) is 44.1 Å². The molecule has 1 heterocycles. The third-order valence-electron chi connectivity index (χ3n) is 4.75. The summed E-state index contributed by atoms with van der Waals surface area (Å²) < 4.78 is 10.5. The Morgan fingerprint density at radius 1 is 1.15 bits per heavy atom. The topological polar surface area (TPSA) is 62.8 Å². The molecule has 0 saturated carbocycles. The summed E-state index contributed by atoms with van der Waals surface area (Å²) in [6, 6.07) is 13.6. The standard InChI is InChI=1S/C21H27N3O3/c1-26-17-10-11-18(20(15-17)27-2)23-21(25)22-12-6-14-24-13-5-8-16-7-3-4-9-19(16)24/h3-4,7,9-11,15H,5-6,8,12-14H2,1-2H3,(H2,22,23,25). The first-order valence-electron chi connectivity index (χ1n) is 9.31. The number of fused-ring (bicyclic) bond motifs is 1. The van der Waals surface area contributed by atoms with E-state index in [1.165, 1.54) is 17.7 Å². The summed E-state index contributed by atoms with van der Waals surface area (Å²) in [7, 11) is 3.16. The van der Waals surface area contributed by atoms with Crippen LogP contribution in [0.1, 0.15) is 18.4 Å². The van der Waals surface area contributed by atoms with Crippen LogP contribution >= 0.6 is 0 Å². The number of para-hydroxylation sites is 1. The van der Waals surface area contributed by atoms with Crippen molar-refractivity contribution < 1.29 is 14.3 Å². The van der Waals surface area contributed by atoms with Crippen molar-refractivity contribution >= 4 is 17.4 Å². The molecule has 0 aliphatic carbocycles. The summed E-state index contributed by atoms with van der Waals surface area (Å²) in [4.78, 5) is 14.6. The van der Waals surface area contributed by atoms with Gasteiger partial charge in [0.15, 0.2) is 0 Å². The summed E-state index contributed by atoms with van der Waals surface area (Å²) in [5.74, 6) is 1.24. The minimum absolute atomic E-state index is 0.238. The molecule has 27 heavy (non-hydrogen) atoms. The van der Waals surface area contributed by atoms with Crippen LogP contribution in [0.3, 0.4) is 0 Å². The first-order valence-corrected chi connectivity index (χ1v) is 9.31. The number of rotatable bonds is 7. The van der Waals surface area contributed by atoms with Crippen molar-refractivity contribution in [3.63, 3.8) is 0 Å². The fourth-order valence-electron chi connectivity index (χ4n) is 3.38. The molecular weight excluding hydrogens is 342 g/mol. The van der Waals surface area contributed by atoms with E-state index in [4.69, 9.17) is 9.47 Å². The fraction of sp³-hybridized carbons (Fsp3) is 0.381. The molecule has 144 valence electrons. The first-order chi connectivity index (χ1) is 13.2. The van der Waals surface area contributed by atoms with Gasteiger partial charge in [-0.05, 0) is 43.0 Å². The average Bonchev–Trinajstić information content (AvgIpc) is 2.71. The lowest BCUT2D eigenvalue weighted by atomic mass is 10.0. The van der Waals surface area contributed by atoms with Gasteiger partial charge in [-0.15, -0.1) is 0 Å². The molecule has 0 aromatic heterocycles. The van der Waals surface area contributed by atoms with Gasteiger partial charge in [0.2, 0.25) is 0 Å². The molecule has 0 atom stereocenters. The Hall–Kier alpha value is -2.89. The van der Waals surface area contributed by atoms with E-state index in [0.29, 0.717) is 23.7 Å². The van der Waals surface area contributed by atoms with E-state index in [1.807, 2.05) is 0 Å². The van der Waals surface area contributed by atoms with Crippen molar-refractivity contribution in [1.29, 1.82) is 0 Å². The Morgan fingerprint density at radius 3 is 2.81 bits per heavy atom. The molecule has 6 heteroatoms. The fourth-order valence-corrected chi connectivity index (χ4v) is 3.38. The van der Waals surface area contributed by atoms with Crippen LogP contribution in [0.15, 0.2) is 42.5 Å². The van der Waals surface area contributed by atoms with Crippen LogP contribution in [0.25, 0.3) is 0 Å². The van der Waals surface area contributed by atoms with Crippen LogP contribution in [0.4, 0.5) is 16.2 Å². The van der Waals surface area contributed by atoms with E-state index in [9.17, 15) is 4.79 Å². The van der Waals surface area contributed by atoms with E-state index in [-0.39, 0.29) is 6.03 Å². The Balaban J connectivity index is 1.46. The predicted octanol–water partition coefficient (Wildman–Crippen LogP) is 3.67. The molecule has 1 aliphatic rings. The van der Waals surface area contributed by atoms with Crippen molar-refractivity contribution in [3.8, 4) is 11.5 Å². The van der Waals surface area contributed by atoms with E-state index in [0.717, 1.165) is 25.9 Å². The van der Waals surface area contributed by atoms with Gasteiger partial charge in [-0.25, -0.2) is 4.79 Å². The SMILES string of the molecule is COc1ccc(NC(=O)NCCCN2CCCc3ccccc32)c(OC)c1. The summed E-state index contributed by atoms with van der Waals surface area (Å²) in [5, 5.41) is 5.73. The Bertz CT molecular complexity index is 779. The number of methoxy groups -OCH3 is 2. The third-order valence-corrected chi connectivity index (χ3v) is 4.75. The number of amides is 2. The van der Waals surface area contributed by atoms with Gasteiger partial charge in [0, 0.05) is 31.4 Å². The van der Waals surface area contributed by atoms with Crippen molar-refractivity contribution in [2.45, 2.75) is 19.3 Å². The highest BCUT2D eigenvalue weighted by atomic mass is 16.5. The van der Waals surface area contributed by atoms with E-state index >= 15 is 0 Å². The largest absolute Gasteiger partial charge is 0.497 e. The Labute approximate surface area is 160 Å². The molecule has 2 amide bonds. The van der Waals surface area contributed by atoms with Gasteiger partial charge in [0.1, 0.15) is 11.5 Å². The van der Waals surface area contributed by atoms with Crippen LogP contribution in [0.2, 0.25) is 0 Å². The first kappa shape index (κ1) is 18.9. The zero-order chi connectivity index (χ0) is 19.1. The number of nitrogens with zero attached hydrogens (tertiary/aromatic N) is 1. The monoisotopic (exact) mass is 369 g/mol. The summed E-state index contributed by atoms with van der Waals surface area (Å²) in [5.41, 5.74) is 3.36. The second kappa shape index (κ2) is 9.16. The number of benzene rings is 2. The van der Waals surface area contributed by atoms with Crippen LogP contribution in [0, 0.1) is 0 Å². The number of carbonyl (C=O) groups is 1. The van der Waals surface area contributed by atoms with Crippen LogP contribution < -0.4 is 25.0 Å². The minimum Gasteiger partial charge on any atom is -0.497 e. The lowest BCUT2D eigenvalue weighted by molar-refractivity contribution is 0.252. The molecule has 6 nitrogen and oxygen atoms in total.